The molecule has 0 heterocycles. The summed E-state index contributed by atoms with van der Waals surface area (Å²) in [6.07, 6.45) is 0.964. The van der Waals surface area contributed by atoms with Gasteiger partial charge in [0.05, 0.1) is 0 Å². The maximum atomic E-state index is 5.53. The zero-order valence-electron chi connectivity index (χ0n) is 14.8. The molecule has 0 aromatic heterocycles. The van der Waals surface area contributed by atoms with Crippen LogP contribution in [0.3, 0.4) is 0 Å². The molecule has 0 aliphatic carbocycles. The fourth-order valence-electron chi connectivity index (χ4n) is 2.55. The van der Waals surface area contributed by atoms with Crippen molar-refractivity contribution < 1.29 is 4.18 Å². The summed E-state index contributed by atoms with van der Waals surface area (Å²) in [4.78, 5) is 1.38. The molecule has 0 unspecified atom stereocenters. The predicted octanol–water partition coefficient (Wildman–Crippen LogP) is 6.18. The van der Waals surface area contributed by atoms with Gasteiger partial charge in [0.1, 0.15) is 5.75 Å². The normalized spacial score (nSPS) is 12.6. The Bertz CT molecular complexity index is 493. The molecule has 21 heavy (non-hydrogen) atoms. The van der Waals surface area contributed by atoms with E-state index in [1.54, 1.807) is 0 Å². The Balaban J connectivity index is 3.80. The Morgan fingerprint density at radius 1 is 1.00 bits per heavy atom. The fourth-order valence-corrected chi connectivity index (χ4v) is 3.98. The van der Waals surface area contributed by atoms with Crippen LogP contribution in [0.2, 0.25) is 0 Å². The summed E-state index contributed by atoms with van der Waals surface area (Å²) in [5.74, 6) is 2.02. The van der Waals surface area contributed by atoms with E-state index in [0.29, 0.717) is 0 Å². The summed E-state index contributed by atoms with van der Waals surface area (Å²) in [5, 5.41) is 0. The third-order valence-electron chi connectivity index (χ3n) is 3.68. The number of thioether (sulfide) groups is 1. The van der Waals surface area contributed by atoms with Crippen LogP contribution in [0.1, 0.15) is 72.1 Å². The van der Waals surface area contributed by atoms with Gasteiger partial charge in [0.2, 0.25) is 0 Å². The third-order valence-corrected chi connectivity index (χ3v) is 4.90. The van der Waals surface area contributed by atoms with Gasteiger partial charge in [-0.25, -0.2) is 0 Å². The van der Waals surface area contributed by atoms with Gasteiger partial charge < -0.3 is 4.18 Å². The summed E-state index contributed by atoms with van der Waals surface area (Å²) in [5.41, 5.74) is 4.13. The Labute approximate surface area is 140 Å². The SMILES string of the molecule is CCSc1c(C(C)(C)C)cc(C(C)(C)C)c(OS)c1CC. The van der Waals surface area contributed by atoms with Gasteiger partial charge in [0.25, 0.3) is 0 Å². The van der Waals surface area contributed by atoms with Gasteiger partial charge in [-0.3, -0.25) is 0 Å². The monoisotopic (exact) mass is 326 g/mol. The molecule has 120 valence electrons. The van der Waals surface area contributed by atoms with Crippen LogP contribution < -0.4 is 4.18 Å². The Kier molecular flexibility index (Phi) is 6.14. The van der Waals surface area contributed by atoms with Gasteiger partial charge in [0, 0.05) is 28.9 Å². The lowest BCUT2D eigenvalue weighted by molar-refractivity contribution is 0.526. The molecule has 1 rings (SSSR count). The van der Waals surface area contributed by atoms with E-state index in [0.717, 1.165) is 17.9 Å². The van der Waals surface area contributed by atoms with Gasteiger partial charge in [-0.1, -0.05) is 55.4 Å². The first-order valence-electron chi connectivity index (χ1n) is 7.72. The van der Waals surface area contributed by atoms with Crippen molar-refractivity contribution in [1.82, 2.24) is 0 Å². The lowest BCUT2D eigenvalue weighted by Gasteiger charge is -2.31. The van der Waals surface area contributed by atoms with Crippen molar-refractivity contribution in [3.05, 3.63) is 22.8 Å². The smallest absolute Gasteiger partial charge is 0.145 e. The molecule has 0 aliphatic rings. The van der Waals surface area contributed by atoms with E-state index in [1.807, 2.05) is 11.8 Å². The molecule has 1 aromatic rings. The van der Waals surface area contributed by atoms with E-state index in [9.17, 15) is 0 Å². The molecule has 0 aliphatic heterocycles. The highest BCUT2D eigenvalue weighted by Gasteiger charge is 2.29. The average molecular weight is 327 g/mol. The van der Waals surface area contributed by atoms with Crippen LogP contribution >= 0.6 is 24.7 Å². The highest BCUT2D eigenvalue weighted by atomic mass is 32.2. The summed E-state index contributed by atoms with van der Waals surface area (Å²) in [6.45, 7) is 18.0. The van der Waals surface area contributed by atoms with E-state index in [2.05, 4.69) is 74.4 Å². The molecular weight excluding hydrogens is 296 g/mol. The van der Waals surface area contributed by atoms with Crippen molar-refractivity contribution in [2.24, 2.45) is 0 Å². The Hall–Kier alpha value is -0.280. The standard InChI is InChI=1S/C18H30OS2/c1-9-12-15(19-20)13(17(3,4)5)11-14(18(6,7)8)16(12)21-10-2/h11,20H,9-10H2,1-8H3. The molecule has 0 N–H and O–H groups in total. The summed E-state index contributed by atoms with van der Waals surface area (Å²) < 4.78 is 5.53. The Morgan fingerprint density at radius 3 is 1.86 bits per heavy atom. The van der Waals surface area contributed by atoms with Crippen molar-refractivity contribution in [2.45, 2.75) is 77.5 Å². The second-order valence-electron chi connectivity index (χ2n) is 7.49. The molecule has 3 heteroatoms. The number of rotatable bonds is 4. The van der Waals surface area contributed by atoms with Crippen LogP contribution in [0.5, 0.6) is 5.75 Å². The van der Waals surface area contributed by atoms with Gasteiger partial charge in [-0.15, -0.1) is 11.8 Å². The second-order valence-corrected chi connectivity index (χ2v) is 8.94. The van der Waals surface area contributed by atoms with Crippen molar-refractivity contribution >= 4 is 24.7 Å². The van der Waals surface area contributed by atoms with Crippen molar-refractivity contribution in [1.29, 1.82) is 0 Å². The molecule has 0 atom stereocenters. The number of hydrogen-bond donors (Lipinski definition) is 1. The molecular formula is C18H30OS2. The summed E-state index contributed by atoms with van der Waals surface area (Å²) >= 11 is 6.06. The van der Waals surface area contributed by atoms with E-state index in [4.69, 9.17) is 4.18 Å². The maximum Gasteiger partial charge on any atom is 0.145 e. The third kappa shape index (κ3) is 4.13. The highest BCUT2D eigenvalue weighted by molar-refractivity contribution is 7.99. The van der Waals surface area contributed by atoms with Crippen LogP contribution in [0.25, 0.3) is 0 Å². The van der Waals surface area contributed by atoms with Crippen LogP contribution in [0.15, 0.2) is 11.0 Å². The molecule has 0 fully saturated rings. The van der Waals surface area contributed by atoms with Crippen molar-refractivity contribution in [3.63, 3.8) is 0 Å². The van der Waals surface area contributed by atoms with Crippen molar-refractivity contribution in [2.75, 3.05) is 5.75 Å². The van der Waals surface area contributed by atoms with Gasteiger partial charge in [0.15, 0.2) is 0 Å². The molecule has 0 spiro atoms. The maximum absolute atomic E-state index is 5.53. The predicted molar refractivity (Wildman–Crippen MR) is 99.2 cm³/mol. The zero-order chi connectivity index (χ0) is 16.4. The highest BCUT2D eigenvalue weighted by Crippen LogP contribution is 2.45. The van der Waals surface area contributed by atoms with Gasteiger partial charge in [-0.2, -0.15) is 0 Å². The molecule has 0 saturated heterocycles. The number of benzene rings is 1. The lowest BCUT2D eigenvalue weighted by atomic mass is 9.78. The van der Waals surface area contributed by atoms with Crippen molar-refractivity contribution in [3.8, 4) is 5.75 Å². The molecule has 0 amide bonds. The van der Waals surface area contributed by atoms with Gasteiger partial charge >= 0.3 is 0 Å². The second kappa shape index (κ2) is 6.87. The first kappa shape index (κ1) is 18.8. The van der Waals surface area contributed by atoms with Crippen LogP contribution in [-0.2, 0) is 17.3 Å². The zero-order valence-corrected chi connectivity index (χ0v) is 16.5. The number of hydrogen-bond acceptors (Lipinski definition) is 3. The summed E-state index contributed by atoms with van der Waals surface area (Å²) in [7, 11) is 0. The number of thiol groups is 1. The van der Waals surface area contributed by atoms with E-state index >= 15 is 0 Å². The minimum absolute atomic E-state index is 0.0391. The quantitative estimate of drug-likeness (QED) is 0.402. The van der Waals surface area contributed by atoms with Crippen LogP contribution in [0, 0.1) is 0 Å². The topological polar surface area (TPSA) is 9.23 Å². The van der Waals surface area contributed by atoms with E-state index in [1.165, 1.54) is 21.6 Å². The first-order chi connectivity index (χ1) is 9.57. The first-order valence-corrected chi connectivity index (χ1v) is 9.08. The van der Waals surface area contributed by atoms with E-state index in [-0.39, 0.29) is 10.8 Å². The van der Waals surface area contributed by atoms with Gasteiger partial charge in [-0.05, 0) is 34.6 Å². The van der Waals surface area contributed by atoms with Crippen LogP contribution in [-0.4, -0.2) is 5.75 Å². The minimum atomic E-state index is 0.0391. The minimum Gasteiger partial charge on any atom is -0.428 e. The Morgan fingerprint density at radius 2 is 1.52 bits per heavy atom. The fraction of sp³-hybridized carbons (Fsp3) is 0.667. The molecule has 1 nitrogen and oxygen atoms in total. The van der Waals surface area contributed by atoms with E-state index < -0.39 is 0 Å². The lowest BCUT2D eigenvalue weighted by Crippen LogP contribution is -2.20. The molecule has 0 bridgehead atoms. The molecule has 1 aromatic carbocycles. The molecule has 0 radical (unpaired) electrons. The average Bonchev–Trinajstić information content (AvgIpc) is 2.35. The summed E-state index contributed by atoms with van der Waals surface area (Å²) in [6, 6.07) is 2.34. The van der Waals surface area contributed by atoms with Crippen LogP contribution in [0.4, 0.5) is 0 Å². The molecule has 0 saturated carbocycles. The largest absolute Gasteiger partial charge is 0.428 e.